The van der Waals surface area contributed by atoms with Crippen LogP contribution in [0.3, 0.4) is 0 Å². The summed E-state index contributed by atoms with van der Waals surface area (Å²) in [6.07, 6.45) is 9.47. The molecular weight excluding hydrogens is 212 g/mol. The van der Waals surface area contributed by atoms with Crippen molar-refractivity contribution in [2.75, 3.05) is 0 Å². The molecule has 1 aromatic heterocycles. The van der Waals surface area contributed by atoms with Crippen molar-refractivity contribution in [3.05, 3.63) is 24.2 Å². The second kappa shape index (κ2) is 6.04. The number of Topliss-reactive ketones (excluding diaryl/α,β-unsaturated/α-hetero) is 1. The standard InChI is InChI=1S/C15H22O2/c1-2-3-4-5-7-12-10-13(16)11-14(12)15-8-6-9-17-15/h6,8-9,12,14H,2-5,7,10-11H2,1H3/t12-,14-/m0/s1. The molecule has 2 heteroatoms. The maximum atomic E-state index is 11.6. The van der Waals surface area contributed by atoms with Crippen molar-refractivity contribution >= 4 is 5.78 Å². The summed E-state index contributed by atoms with van der Waals surface area (Å²) in [4.78, 5) is 11.6. The zero-order valence-corrected chi connectivity index (χ0v) is 10.7. The summed E-state index contributed by atoms with van der Waals surface area (Å²) in [5.74, 6) is 2.29. The fraction of sp³-hybridized carbons (Fsp3) is 0.667. The number of carbonyl (C=O) groups is 1. The van der Waals surface area contributed by atoms with Gasteiger partial charge in [0.25, 0.3) is 0 Å². The smallest absolute Gasteiger partial charge is 0.133 e. The number of rotatable bonds is 6. The number of unbranched alkanes of at least 4 members (excludes halogenated alkanes) is 3. The van der Waals surface area contributed by atoms with Gasteiger partial charge in [-0.25, -0.2) is 0 Å². The molecule has 2 nitrogen and oxygen atoms in total. The van der Waals surface area contributed by atoms with E-state index in [2.05, 4.69) is 6.92 Å². The van der Waals surface area contributed by atoms with Crippen LogP contribution in [-0.4, -0.2) is 5.78 Å². The Labute approximate surface area is 103 Å². The monoisotopic (exact) mass is 234 g/mol. The van der Waals surface area contributed by atoms with Crippen molar-refractivity contribution in [2.24, 2.45) is 5.92 Å². The van der Waals surface area contributed by atoms with Crippen LogP contribution in [0.5, 0.6) is 0 Å². The highest BCUT2D eigenvalue weighted by Gasteiger charge is 2.34. The van der Waals surface area contributed by atoms with Gasteiger partial charge in [0, 0.05) is 18.8 Å². The van der Waals surface area contributed by atoms with Gasteiger partial charge < -0.3 is 4.42 Å². The van der Waals surface area contributed by atoms with Crippen molar-refractivity contribution < 1.29 is 9.21 Å². The van der Waals surface area contributed by atoms with Crippen LogP contribution in [0.1, 0.15) is 63.5 Å². The van der Waals surface area contributed by atoms with Gasteiger partial charge in [-0.05, 0) is 24.5 Å². The normalized spacial score (nSPS) is 24.4. The van der Waals surface area contributed by atoms with E-state index in [1.54, 1.807) is 6.26 Å². The molecule has 1 heterocycles. The summed E-state index contributed by atoms with van der Waals surface area (Å²) in [6, 6.07) is 3.94. The second-order valence-corrected chi connectivity index (χ2v) is 5.18. The van der Waals surface area contributed by atoms with Gasteiger partial charge in [-0.1, -0.05) is 32.6 Å². The molecule has 0 amide bonds. The van der Waals surface area contributed by atoms with E-state index in [-0.39, 0.29) is 0 Å². The predicted molar refractivity (Wildman–Crippen MR) is 67.9 cm³/mol. The summed E-state index contributed by atoms with van der Waals surface area (Å²) < 4.78 is 5.47. The van der Waals surface area contributed by atoms with Crippen molar-refractivity contribution in [3.63, 3.8) is 0 Å². The molecule has 94 valence electrons. The zero-order valence-electron chi connectivity index (χ0n) is 10.7. The Morgan fingerprint density at radius 2 is 2.18 bits per heavy atom. The van der Waals surface area contributed by atoms with E-state index in [1.807, 2.05) is 12.1 Å². The predicted octanol–water partition coefficient (Wildman–Crippen LogP) is 4.31. The summed E-state index contributed by atoms with van der Waals surface area (Å²) in [5, 5.41) is 0. The van der Waals surface area contributed by atoms with E-state index in [0.717, 1.165) is 12.2 Å². The summed E-state index contributed by atoms with van der Waals surface area (Å²) >= 11 is 0. The molecule has 0 N–H and O–H groups in total. The van der Waals surface area contributed by atoms with E-state index in [4.69, 9.17) is 4.42 Å². The first-order valence-corrected chi connectivity index (χ1v) is 6.86. The lowest BCUT2D eigenvalue weighted by Gasteiger charge is -2.16. The first-order chi connectivity index (χ1) is 8.31. The molecule has 1 aromatic rings. The first-order valence-electron chi connectivity index (χ1n) is 6.86. The van der Waals surface area contributed by atoms with Gasteiger partial charge in [0.15, 0.2) is 0 Å². The SMILES string of the molecule is CCCCCC[C@H]1CC(=O)C[C@@H]1c1ccco1. The molecule has 1 fully saturated rings. The summed E-state index contributed by atoms with van der Waals surface area (Å²) in [7, 11) is 0. The summed E-state index contributed by atoms with van der Waals surface area (Å²) in [6.45, 7) is 2.23. The van der Waals surface area contributed by atoms with Crippen LogP contribution in [0.2, 0.25) is 0 Å². The molecule has 0 bridgehead atoms. The van der Waals surface area contributed by atoms with Crippen LogP contribution in [0.4, 0.5) is 0 Å². The molecule has 2 rings (SSSR count). The first kappa shape index (κ1) is 12.4. The molecule has 1 saturated carbocycles. The molecule has 17 heavy (non-hydrogen) atoms. The van der Waals surface area contributed by atoms with Crippen LogP contribution >= 0.6 is 0 Å². The van der Waals surface area contributed by atoms with E-state index in [1.165, 1.54) is 32.1 Å². The van der Waals surface area contributed by atoms with Crippen molar-refractivity contribution in [3.8, 4) is 0 Å². The van der Waals surface area contributed by atoms with Crippen LogP contribution in [0.15, 0.2) is 22.8 Å². The third kappa shape index (κ3) is 3.21. The van der Waals surface area contributed by atoms with E-state index in [9.17, 15) is 4.79 Å². The fourth-order valence-electron chi connectivity index (χ4n) is 2.90. The molecule has 1 aliphatic carbocycles. The molecule has 0 spiro atoms. The second-order valence-electron chi connectivity index (χ2n) is 5.18. The number of ketones is 1. The fourth-order valence-corrected chi connectivity index (χ4v) is 2.90. The van der Waals surface area contributed by atoms with Crippen LogP contribution in [0.25, 0.3) is 0 Å². The molecule has 0 aliphatic heterocycles. The quantitative estimate of drug-likeness (QED) is 0.686. The Hall–Kier alpha value is -1.05. The number of hydrogen-bond donors (Lipinski definition) is 0. The third-order valence-corrected chi connectivity index (χ3v) is 3.84. The molecule has 1 aliphatic rings. The van der Waals surface area contributed by atoms with Crippen LogP contribution in [-0.2, 0) is 4.79 Å². The minimum atomic E-state index is 0.346. The molecular formula is C15H22O2. The van der Waals surface area contributed by atoms with Gasteiger partial charge in [0.1, 0.15) is 11.5 Å². The van der Waals surface area contributed by atoms with Gasteiger partial charge >= 0.3 is 0 Å². The Balaban J connectivity index is 1.88. The van der Waals surface area contributed by atoms with Crippen molar-refractivity contribution in [1.29, 1.82) is 0 Å². The number of carbonyl (C=O) groups excluding carboxylic acids is 1. The molecule has 0 aromatic carbocycles. The minimum Gasteiger partial charge on any atom is -0.469 e. The highest BCUT2D eigenvalue weighted by molar-refractivity contribution is 5.82. The van der Waals surface area contributed by atoms with E-state index in [0.29, 0.717) is 24.0 Å². The maximum absolute atomic E-state index is 11.6. The lowest BCUT2D eigenvalue weighted by molar-refractivity contribution is -0.117. The van der Waals surface area contributed by atoms with Crippen molar-refractivity contribution in [2.45, 2.75) is 57.8 Å². The summed E-state index contributed by atoms with van der Waals surface area (Å²) in [5.41, 5.74) is 0. The Bertz CT molecular complexity index is 340. The Morgan fingerprint density at radius 3 is 2.88 bits per heavy atom. The van der Waals surface area contributed by atoms with Gasteiger partial charge in [-0.3, -0.25) is 4.79 Å². The maximum Gasteiger partial charge on any atom is 0.133 e. The molecule has 0 saturated heterocycles. The van der Waals surface area contributed by atoms with Gasteiger partial charge in [-0.15, -0.1) is 0 Å². The average molecular weight is 234 g/mol. The Kier molecular flexibility index (Phi) is 4.41. The lowest BCUT2D eigenvalue weighted by atomic mass is 9.89. The van der Waals surface area contributed by atoms with E-state index >= 15 is 0 Å². The van der Waals surface area contributed by atoms with Crippen LogP contribution < -0.4 is 0 Å². The Morgan fingerprint density at radius 1 is 1.29 bits per heavy atom. The van der Waals surface area contributed by atoms with Crippen LogP contribution in [0, 0.1) is 5.92 Å². The molecule has 2 atom stereocenters. The minimum absolute atomic E-state index is 0.346. The van der Waals surface area contributed by atoms with Gasteiger partial charge in [-0.2, -0.15) is 0 Å². The van der Waals surface area contributed by atoms with E-state index < -0.39 is 0 Å². The molecule has 0 unspecified atom stereocenters. The number of hydrogen-bond acceptors (Lipinski definition) is 2. The highest BCUT2D eigenvalue weighted by Crippen LogP contribution is 2.40. The largest absolute Gasteiger partial charge is 0.469 e. The highest BCUT2D eigenvalue weighted by atomic mass is 16.3. The molecule has 0 radical (unpaired) electrons. The average Bonchev–Trinajstić information content (AvgIpc) is 2.93. The van der Waals surface area contributed by atoms with Crippen molar-refractivity contribution in [1.82, 2.24) is 0 Å². The van der Waals surface area contributed by atoms with Gasteiger partial charge in [0.2, 0.25) is 0 Å². The third-order valence-electron chi connectivity index (χ3n) is 3.84. The zero-order chi connectivity index (χ0) is 12.1. The topological polar surface area (TPSA) is 30.2 Å². The van der Waals surface area contributed by atoms with Gasteiger partial charge in [0.05, 0.1) is 6.26 Å². The number of furan rings is 1. The lowest BCUT2D eigenvalue weighted by Crippen LogP contribution is -2.05.